The third-order valence-corrected chi connectivity index (χ3v) is 2.97. The molecule has 6 heteroatoms. The van der Waals surface area contributed by atoms with Gasteiger partial charge in [0.15, 0.2) is 0 Å². The summed E-state index contributed by atoms with van der Waals surface area (Å²) in [7, 11) is 0. The maximum Gasteiger partial charge on any atom is 0.273 e. The van der Waals surface area contributed by atoms with Gasteiger partial charge in [0.1, 0.15) is 12.4 Å². The maximum absolute atomic E-state index is 10.6. The molecule has 19 heavy (non-hydrogen) atoms. The molecule has 0 amide bonds. The topological polar surface area (TPSA) is 73.6 Å². The summed E-state index contributed by atoms with van der Waals surface area (Å²) < 4.78 is 10.9. The molecule has 0 saturated carbocycles. The quantitative estimate of drug-likeness (QED) is 0.462. The Balaban J connectivity index is 1.64. The van der Waals surface area contributed by atoms with E-state index in [1.807, 2.05) is 0 Å². The van der Waals surface area contributed by atoms with Crippen molar-refractivity contribution in [1.29, 1.82) is 0 Å². The lowest BCUT2D eigenvalue weighted by Crippen LogP contribution is -2.29. The van der Waals surface area contributed by atoms with E-state index in [1.165, 1.54) is 12.1 Å². The molecular weight excluding hydrogens is 248 g/mol. The molecule has 0 aromatic heterocycles. The molecule has 1 aliphatic rings. The number of hydrogen-bond acceptors (Lipinski definition) is 5. The van der Waals surface area contributed by atoms with Crippen molar-refractivity contribution < 1.29 is 14.4 Å². The molecule has 0 spiro atoms. The Kier molecular flexibility index (Phi) is 5.11. The Labute approximate surface area is 111 Å². The van der Waals surface area contributed by atoms with Gasteiger partial charge in [-0.25, -0.2) is 0 Å². The minimum Gasteiger partial charge on any atom is -0.492 e. The van der Waals surface area contributed by atoms with E-state index in [4.69, 9.17) is 9.47 Å². The summed E-state index contributed by atoms with van der Waals surface area (Å²) in [6.07, 6.45) is 2.56. The Morgan fingerprint density at radius 1 is 1.53 bits per heavy atom. The third-order valence-electron chi connectivity index (χ3n) is 2.97. The number of nitro groups is 1. The standard InChI is InChI=1S/C13H18N2O4/c16-15(17)11-3-1-4-12(9-11)19-8-6-14-10-13-5-2-7-18-13/h1,3-4,9,13-14H,2,5-8,10H2. The van der Waals surface area contributed by atoms with Crippen molar-refractivity contribution in [2.45, 2.75) is 18.9 Å². The molecule has 2 rings (SSSR count). The van der Waals surface area contributed by atoms with E-state index < -0.39 is 4.92 Å². The van der Waals surface area contributed by atoms with Crippen LogP contribution in [0.25, 0.3) is 0 Å². The van der Waals surface area contributed by atoms with Gasteiger partial charge >= 0.3 is 0 Å². The van der Waals surface area contributed by atoms with Gasteiger partial charge < -0.3 is 14.8 Å². The summed E-state index contributed by atoms with van der Waals surface area (Å²) in [6.45, 7) is 2.87. The van der Waals surface area contributed by atoms with Gasteiger partial charge in [0, 0.05) is 25.8 Å². The van der Waals surface area contributed by atoms with Crippen LogP contribution in [0.4, 0.5) is 5.69 Å². The second kappa shape index (κ2) is 7.06. The van der Waals surface area contributed by atoms with Crippen molar-refractivity contribution in [3.8, 4) is 5.75 Å². The summed E-state index contributed by atoms with van der Waals surface area (Å²) in [4.78, 5) is 10.2. The zero-order valence-electron chi connectivity index (χ0n) is 10.7. The number of nitrogens with zero attached hydrogens (tertiary/aromatic N) is 1. The number of rotatable bonds is 7. The van der Waals surface area contributed by atoms with Crippen molar-refractivity contribution in [2.75, 3.05) is 26.3 Å². The van der Waals surface area contributed by atoms with Gasteiger partial charge in [0.2, 0.25) is 0 Å². The van der Waals surface area contributed by atoms with E-state index in [9.17, 15) is 10.1 Å². The second-order valence-electron chi connectivity index (χ2n) is 4.44. The monoisotopic (exact) mass is 266 g/mol. The summed E-state index contributed by atoms with van der Waals surface area (Å²) in [5.74, 6) is 0.521. The van der Waals surface area contributed by atoms with E-state index >= 15 is 0 Å². The van der Waals surface area contributed by atoms with E-state index in [1.54, 1.807) is 12.1 Å². The Morgan fingerprint density at radius 3 is 3.16 bits per heavy atom. The van der Waals surface area contributed by atoms with Crippen molar-refractivity contribution in [3.63, 3.8) is 0 Å². The van der Waals surface area contributed by atoms with Gasteiger partial charge in [-0.1, -0.05) is 6.07 Å². The minimum atomic E-state index is -0.428. The van der Waals surface area contributed by atoms with Gasteiger partial charge in [0.05, 0.1) is 17.1 Å². The molecule has 0 bridgehead atoms. The van der Waals surface area contributed by atoms with Crippen LogP contribution in [0.2, 0.25) is 0 Å². The van der Waals surface area contributed by atoms with Crippen molar-refractivity contribution in [1.82, 2.24) is 5.32 Å². The van der Waals surface area contributed by atoms with Crippen molar-refractivity contribution in [3.05, 3.63) is 34.4 Å². The molecule has 0 radical (unpaired) electrons. The summed E-state index contributed by atoms with van der Waals surface area (Å²) >= 11 is 0. The SMILES string of the molecule is O=[N+]([O-])c1cccc(OCCNCC2CCCO2)c1. The zero-order valence-corrected chi connectivity index (χ0v) is 10.7. The van der Waals surface area contributed by atoms with Crippen LogP contribution in [0.1, 0.15) is 12.8 Å². The predicted molar refractivity (Wildman–Crippen MR) is 70.4 cm³/mol. The molecule has 1 aliphatic heterocycles. The molecule has 6 nitrogen and oxygen atoms in total. The van der Waals surface area contributed by atoms with Crippen LogP contribution < -0.4 is 10.1 Å². The Morgan fingerprint density at radius 2 is 2.42 bits per heavy atom. The normalized spacial score (nSPS) is 18.4. The van der Waals surface area contributed by atoms with Gasteiger partial charge in [0.25, 0.3) is 5.69 Å². The average Bonchev–Trinajstić information content (AvgIpc) is 2.92. The molecule has 1 heterocycles. The molecule has 1 fully saturated rings. The highest BCUT2D eigenvalue weighted by atomic mass is 16.6. The first-order valence-corrected chi connectivity index (χ1v) is 6.45. The van der Waals surface area contributed by atoms with E-state index in [0.29, 0.717) is 25.0 Å². The molecule has 1 N–H and O–H groups in total. The van der Waals surface area contributed by atoms with E-state index in [2.05, 4.69) is 5.32 Å². The fraction of sp³-hybridized carbons (Fsp3) is 0.538. The molecule has 1 atom stereocenters. The number of nitro benzene ring substituents is 1. The van der Waals surface area contributed by atoms with Crippen molar-refractivity contribution in [2.24, 2.45) is 0 Å². The molecule has 0 aliphatic carbocycles. The van der Waals surface area contributed by atoms with Crippen LogP contribution >= 0.6 is 0 Å². The smallest absolute Gasteiger partial charge is 0.273 e. The Bertz CT molecular complexity index is 419. The van der Waals surface area contributed by atoms with Gasteiger partial charge in [-0.2, -0.15) is 0 Å². The third kappa shape index (κ3) is 4.50. The average molecular weight is 266 g/mol. The van der Waals surface area contributed by atoms with E-state index in [0.717, 1.165) is 26.0 Å². The molecule has 104 valence electrons. The van der Waals surface area contributed by atoms with Gasteiger partial charge in [-0.3, -0.25) is 10.1 Å². The molecule has 1 aromatic rings. The fourth-order valence-corrected chi connectivity index (χ4v) is 2.00. The lowest BCUT2D eigenvalue weighted by molar-refractivity contribution is -0.384. The first-order chi connectivity index (χ1) is 9.25. The highest BCUT2D eigenvalue weighted by Gasteiger charge is 2.14. The van der Waals surface area contributed by atoms with E-state index in [-0.39, 0.29) is 5.69 Å². The number of hydrogen-bond donors (Lipinski definition) is 1. The zero-order chi connectivity index (χ0) is 13.5. The predicted octanol–water partition coefficient (Wildman–Crippen LogP) is 1.74. The summed E-state index contributed by atoms with van der Waals surface area (Å²) in [5, 5.41) is 13.9. The number of non-ortho nitro benzene ring substituents is 1. The number of ether oxygens (including phenoxy) is 2. The first-order valence-electron chi connectivity index (χ1n) is 6.45. The lowest BCUT2D eigenvalue weighted by Gasteiger charge is -2.11. The number of benzene rings is 1. The lowest BCUT2D eigenvalue weighted by atomic mass is 10.2. The fourth-order valence-electron chi connectivity index (χ4n) is 2.00. The summed E-state index contributed by atoms with van der Waals surface area (Å²) in [5.41, 5.74) is 0.0461. The number of nitrogens with one attached hydrogen (secondary N) is 1. The minimum absolute atomic E-state index is 0.0461. The highest BCUT2D eigenvalue weighted by molar-refractivity contribution is 5.37. The molecule has 1 unspecified atom stereocenters. The largest absolute Gasteiger partial charge is 0.492 e. The van der Waals surface area contributed by atoms with Gasteiger partial charge in [-0.15, -0.1) is 0 Å². The molecular formula is C13H18N2O4. The maximum atomic E-state index is 10.6. The molecule has 1 aromatic carbocycles. The van der Waals surface area contributed by atoms with Gasteiger partial charge in [-0.05, 0) is 18.9 Å². The van der Waals surface area contributed by atoms with Crippen LogP contribution in [0.3, 0.4) is 0 Å². The first kappa shape index (κ1) is 13.8. The van der Waals surface area contributed by atoms with Crippen molar-refractivity contribution >= 4 is 5.69 Å². The van der Waals surface area contributed by atoms with Crippen LogP contribution in [0.5, 0.6) is 5.75 Å². The van der Waals surface area contributed by atoms with Crippen LogP contribution in [0.15, 0.2) is 24.3 Å². The molecule has 1 saturated heterocycles. The Hall–Kier alpha value is -1.66. The highest BCUT2D eigenvalue weighted by Crippen LogP contribution is 2.18. The van der Waals surface area contributed by atoms with Crippen LogP contribution in [0, 0.1) is 10.1 Å². The van der Waals surface area contributed by atoms with Crippen LogP contribution in [-0.4, -0.2) is 37.3 Å². The summed E-state index contributed by atoms with van der Waals surface area (Å²) in [6, 6.07) is 6.21. The second-order valence-corrected chi connectivity index (χ2v) is 4.44. The van der Waals surface area contributed by atoms with Crippen LogP contribution in [-0.2, 0) is 4.74 Å².